The van der Waals surface area contributed by atoms with E-state index in [1.165, 1.54) is 6.07 Å². The summed E-state index contributed by atoms with van der Waals surface area (Å²) in [5, 5.41) is 9.50. The van der Waals surface area contributed by atoms with Crippen molar-refractivity contribution in [3.63, 3.8) is 0 Å². The second-order valence-electron chi connectivity index (χ2n) is 5.74. The summed E-state index contributed by atoms with van der Waals surface area (Å²) in [6.45, 7) is 1.98. The molecule has 2 aromatic rings. The Morgan fingerprint density at radius 1 is 1.43 bits per heavy atom. The standard InChI is InChI=1S/C16H17F2N3O2/c1-9(10-2-3-10)19-16(22)14-7-12(20-21-14)8-23-15-5-4-11(17)6-13(15)18/h4-7,9-10H,2-3,8H2,1H3,(H,19,22)(H,20,21). The molecule has 1 unspecified atom stereocenters. The van der Waals surface area contributed by atoms with Gasteiger partial charge >= 0.3 is 0 Å². The Hall–Kier alpha value is -2.44. The van der Waals surface area contributed by atoms with Crippen molar-refractivity contribution in [1.29, 1.82) is 0 Å². The first-order valence-corrected chi connectivity index (χ1v) is 7.46. The lowest BCUT2D eigenvalue weighted by atomic mass is 10.2. The van der Waals surface area contributed by atoms with Gasteiger partial charge in [-0.25, -0.2) is 8.78 Å². The monoisotopic (exact) mass is 321 g/mol. The molecular formula is C16H17F2N3O2. The number of aromatic nitrogens is 2. The first-order chi connectivity index (χ1) is 11.0. The third kappa shape index (κ3) is 3.85. The zero-order valence-electron chi connectivity index (χ0n) is 12.6. The summed E-state index contributed by atoms with van der Waals surface area (Å²) >= 11 is 0. The maximum Gasteiger partial charge on any atom is 0.271 e. The summed E-state index contributed by atoms with van der Waals surface area (Å²) in [5.41, 5.74) is 0.786. The summed E-state index contributed by atoms with van der Waals surface area (Å²) in [6, 6.07) is 4.76. The molecular weight excluding hydrogens is 304 g/mol. The van der Waals surface area contributed by atoms with Gasteiger partial charge in [0, 0.05) is 12.1 Å². The van der Waals surface area contributed by atoms with Crippen LogP contribution in [0.25, 0.3) is 0 Å². The second kappa shape index (κ2) is 6.36. The predicted octanol–water partition coefficient (Wildman–Crippen LogP) is 2.80. The molecule has 1 saturated carbocycles. The molecule has 1 fully saturated rings. The fourth-order valence-corrected chi connectivity index (χ4v) is 2.29. The summed E-state index contributed by atoms with van der Waals surface area (Å²) in [6.07, 6.45) is 2.29. The molecule has 1 amide bonds. The van der Waals surface area contributed by atoms with E-state index in [1.54, 1.807) is 6.07 Å². The number of hydrogen-bond donors (Lipinski definition) is 2. The number of carbonyl (C=O) groups is 1. The van der Waals surface area contributed by atoms with Crippen molar-refractivity contribution in [3.8, 4) is 5.75 Å². The largest absolute Gasteiger partial charge is 0.484 e. The molecule has 7 heteroatoms. The van der Waals surface area contributed by atoms with E-state index in [0.29, 0.717) is 11.6 Å². The molecule has 1 aliphatic carbocycles. The highest BCUT2D eigenvalue weighted by molar-refractivity contribution is 5.92. The fraction of sp³-hybridized carbons (Fsp3) is 0.375. The summed E-state index contributed by atoms with van der Waals surface area (Å²) < 4.78 is 31.5. The van der Waals surface area contributed by atoms with Gasteiger partial charge in [-0.15, -0.1) is 0 Å². The normalized spacial score (nSPS) is 15.3. The third-order valence-electron chi connectivity index (χ3n) is 3.83. The van der Waals surface area contributed by atoms with E-state index in [9.17, 15) is 13.6 Å². The molecule has 23 heavy (non-hydrogen) atoms. The van der Waals surface area contributed by atoms with Crippen LogP contribution in [-0.2, 0) is 6.61 Å². The van der Waals surface area contributed by atoms with Gasteiger partial charge in [0.15, 0.2) is 11.6 Å². The van der Waals surface area contributed by atoms with Crippen LogP contribution in [0.4, 0.5) is 8.78 Å². The van der Waals surface area contributed by atoms with Crippen molar-refractivity contribution in [3.05, 3.63) is 47.3 Å². The Kier molecular flexibility index (Phi) is 4.27. The van der Waals surface area contributed by atoms with Gasteiger partial charge in [0.05, 0.1) is 5.69 Å². The summed E-state index contributed by atoms with van der Waals surface area (Å²) in [5.74, 6) is -1.20. The minimum absolute atomic E-state index is 0.00100. The van der Waals surface area contributed by atoms with Gasteiger partial charge in [0.1, 0.15) is 18.1 Å². The molecule has 1 atom stereocenters. The number of benzene rings is 1. The number of halogens is 2. The van der Waals surface area contributed by atoms with Crippen LogP contribution in [0.5, 0.6) is 5.75 Å². The number of H-pyrrole nitrogens is 1. The molecule has 5 nitrogen and oxygen atoms in total. The van der Waals surface area contributed by atoms with E-state index in [0.717, 1.165) is 25.0 Å². The Bertz CT molecular complexity index is 713. The number of aromatic amines is 1. The number of ether oxygens (including phenoxy) is 1. The minimum atomic E-state index is -0.777. The predicted molar refractivity (Wildman–Crippen MR) is 78.9 cm³/mol. The van der Waals surface area contributed by atoms with E-state index in [1.807, 2.05) is 6.92 Å². The Balaban J connectivity index is 1.57. The maximum absolute atomic E-state index is 13.5. The van der Waals surface area contributed by atoms with Crippen LogP contribution in [-0.4, -0.2) is 22.1 Å². The number of amides is 1. The molecule has 1 aromatic carbocycles. The lowest BCUT2D eigenvalue weighted by Crippen LogP contribution is -2.34. The first-order valence-electron chi connectivity index (χ1n) is 7.46. The molecule has 0 bridgehead atoms. The Morgan fingerprint density at radius 3 is 2.91 bits per heavy atom. The van der Waals surface area contributed by atoms with Crippen molar-refractivity contribution in [2.75, 3.05) is 0 Å². The smallest absolute Gasteiger partial charge is 0.271 e. The second-order valence-corrected chi connectivity index (χ2v) is 5.74. The van der Waals surface area contributed by atoms with Gasteiger partial charge in [-0.1, -0.05) is 0 Å². The van der Waals surface area contributed by atoms with Crippen molar-refractivity contribution in [2.24, 2.45) is 5.92 Å². The van der Waals surface area contributed by atoms with E-state index < -0.39 is 11.6 Å². The molecule has 0 saturated heterocycles. The average Bonchev–Trinajstić information content (AvgIpc) is 3.25. The lowest BCUT2D eigenvalue weighted by molar-refractivity contribution is 0.0930. The van der Waals surface area contributed by atoms with Gasteiger partial charge in [0.25, 0.3) is 5.91 Å². The van der Waals surface area contributed by atoms with Gasteiger partial charge in [-0.3, -0.25) is 9.89 Å². The highest BCUT2D eigenvalue weighted by atomic mass is 19.1. The van der Waals surface area contributed by atoms with Crippen LogP contribution in [0.15, 0.2) is 24.3 Å². The lowest BCUT2D eigenvalue weighted by Gasteiger charge is -2.10. The number of carbonyl (C=O) groups excluding carboxylic acids is 1. The highest BCUT2D eigenvalue weighted by Gasteiger charge is 2.29. The van der Waals surface area contributed by atoms with E-state index >= 15 is 0 Å². The van der Waals surface area contributed by atoms with Crippen LogP contribution in [0.1, 0.15) is 35.9 Å². The Morgan fingerprint density at radius 2 is 2.22 bits per heavy atom. The zero-order valence-corrected chi connectivity index (χ0v) is 12.6. The molecule has 1 aliphatic rings. The van der Waals surface area contributed by atoms with Crippen LogP contribution in [0, 0.1) is 17.6 Å². The van der Waals surface area contributed by atoms with Crippen LogP contribution < -0.4 is 10.1 Å². The SMILES string of the molecule is CC(NC(=O)c1cc(COc2ccc(F)cc2F)[nH]n1)C1CC1. The van der Waals surface area contributed by atoms with Gasteiger partial charge in [-0.05, 0) is 43.9 Å². The zero-order chi connectivity index (χ0) is 16.4. The maximum atomic E-state index is 13.5. The average molecular weight is 321 g/mol. The van der Waals surface area contributed by atoms with Crippen molar-refractivity contribution in [2.45, 2.75) is 32.4 Å². The van der Waals surface area contributed by atoms with E-state index in [2.05, 4.69) is 15.5 Å². The van der Waals surface area contributed by atoms with Crippen molar-refractivity contribution < 1.29 is 18.3 Å². The van der Waals surface area contributed by atoms with Crippen molar-refractivity contribution in [1.82, 2.24) is 15.5 Å². The number of nitrogens with zero attached hydrogens (tertiary/aromatic N) is 1. The number of rotatable bonds is 6. The Labute approximate surface area is 132 Å². The van der Waals surface area contributed by atoms with Crippen molar-refractivity contribution >= 4 is 5.91 Å². The molecule has 2 N–H and O–H groups in total. The van der Waals surface area contributed by atoms with Gasteiger partial charge < -0.3 is 10.1 Å². The van der Waals surface area contributed by atoms with E-state index in [4.69, 9.17) is 4.74 Å². The van der Waals surface area contributed by atoms with Gasteiger partial charge in [0.2, 0.25) is 0 Å². The molecule has 1 heterocycles. The highest BCUT2D eigenvalue weighted by Crippen LogP contribution is 2.32. The quantitative estimate of drug-likeness (QED) is 0.860. The molecule has 0 spiro atoms. The molecule has 1 aromatic heterocycles. The summed E-state index contributed by atoms with van der Waals surface area (Å²) in [7, 11) is 0. The molecule has 0 radical (unpaired) electrons. The van der Waals surface area contributed by atoms with Crippen LogP contribution in [0.2, 0.25) is 0 Å². The molecule has 3 rings (SSSR count). The van der Waals surface area contributed by atoms with Gasteiger partial charge in [-0.2, -0.15) is 5.10 Å². The van der Waals surface area contributed by atoms with Crippen LogP contribution >= 0.6 is 0 Å². The molecule has 122 valence electrons. The first kappa shape index (κ1) is 15.5. The molecule has 0 aliphatic heterocycles. The summed E-state index contributed by atoms with van der Waals surface area (Å²) in [4.78, 5) is 12.0. The van der Waals surface area contributed by atoms with Crippen LogP contribution in [0.3, 0.4) is 0 Å². The topological polar surface area (TPSA) is 67.0 Å². The number of nitrogens with one attached hydrogen (secondary N) is 2. The minimum Gasteiger partial charge on any atom is -0.484 e. The van der Waals surface area contributed by atoms with E-state index in [-0.39, 0.29) is 30.0 Å². The fourth-order valence-electron chi connectivity index (χ4n) is 2.29. The number of hydrogen-bond acceptors (Lipinski definition) is 3. The third-order valence-corrected chi connectivity index (χ3v) is 3.83.